The molecule has 0 aliphatic carbocycles. The van der Waals surface area contributed by atoms with Crippen molar-refractivity contribution >= 4 is 0 Å². The van der Waals surface area contributed by atoms with E-state index < -0.39 is 0 Å². The first-order valence-electron chi connectivity index (χ1n) is 4.46. The van der Waals surface area contributed by atoms with Gasteiger partial charge in [-0.25, -0.2) is 0 Å². The number of nitrogens with zero attached hydrogens (tertiary/aromatic N) is 2. The van der Waals surface area contributed by atoms with Gasteiger partial charge in [-0.3, -0.25) is 4.98 Å². The quantitative estimate of drug-likeness (QED) is 0.761. The van der Waals surface area contributed by atoms with Crippen LogP contribution < -0.4 is 0 Å². The lowest BCUT2D eigenvalue weighted by Gasteiger charge is -2.02. The summed E-state index contributed by atoms with van der Waals surface area (Å²) in [6.07, 6.45) is 1.67. The molecular formula is C12H8N2O. The highest BCUT2D eigenvalue weighted by Crippen LogP contribution is 2.24. The van der Waals surface area contributed by atoms with E-state index in [1.807, 2.05) is 24.3 Å². The lowest BCUT2D eigenvalue weighted by atomic mass is 10.0. The van der Waals surface area contributed by atoms with Crippen LogP contribution in [0.25, 0.3) is 11.3 Å². The van der Waals surface area contributed by atoms with Crippen LogP contribution >= 0.6 is 0 Å². The first-order chi connectivity index (χ1) is 7.31. The Labute approximate surface area is 87.3 Å². The minimum Gasteiger partial charge on any atom is -0.508 e. The molecule has 0 amide bonds. The average Bonchev–Trinajstić information content (AvgIpc) is 2.30. The van der Waals surface area contributed by atoms with E-state index in [4.69, 9.17) is 5.26 Å². The monoisotopic (exact) mass is 196 g/mol. The molecule has 0 aliphatic rings. The fraction of sp³-hybridized carbons (Fsp3) is 0. The summed E-state index contributed by atoms with van der Waals surface area (Å²) in [4.78, 5) is 4.15. The first kappa shape index (κ1) is 9.22. The normalized spacial score (nSPS) is 9.53. The third kappa shape index (κ3) is 1.79. The molecule has 0 bridgehead atoms. The number of phenolic OH excluding ortho intramolecular Hbond substituents is 1. The highest BCUT2D eigenvalue weighted by Gasteiger charge is 2.05. The van der Waals surface area contributed by atoms with Gasteiger partial charge in [-0.2, -0.15) is 5.26 Å². The molecule has 0 spiro atoms. The maximum absolute atomic E-state index is 9.24. The zero-order valence-electron chi connectivity index (χ0n) is 7.88. The van der Waals surface area contributed by atoms with Gasteiger partial charge >= 0.3 is 0 Å². The van der Waals surface area contributed by atoms with E-state index in [9.17, 15) is 5.11 Å². The van der Waals surface area contributed by atoms with Crippen molar-refractivity contribution in [3.8, 4) is 23.1 Å². The largest absolute Gasteiger partial charge is 0.508 e. The van der Waals surface area contributed by atoms with Gasteiger partial charge in [0, 0.05) is 11.8 Å². The van der Waals surface area contributed by atoms with E-state index in [-0.39, 0.29) is 5.75 Å². The molecule has 1 N–H and O–H groups in total. The topological polar surface area (TPSA) is 56.9 Å². The van der Waals surface area contributed by atoms with Crippen LogP contribution in [0, 0.1) is 11.3 Å². The Morgan fingerprint density at radius 1 is 1.20 bits per heavy atom. The molecule has 15 heavy (non-hydrogen) atoms. The Kier molecular flexibility index (Phi) is 2.34. The van der Waals surface area contributed by atoms with Gasteiger partial charge in [0.2, 0.25) is 0 Å². The third-order valence-corrected chi connectivity index (χ3v) is 2.06. The lowest BCUT2D eigenvalue weighted by molar-refractivity contribution is 0.475. The Hall–Kier alpha value is -2.34. The van der Waals surface area contributed by atoms with Gasteiger partial charge < -0.3 is 5.11 Å². The average molecular weight is 196 g/mol. The summed E-state index contributed by atoms with van der Waals surface area (Å²) in [6.45, 7) is 0. The van der Waals surface area contributed by atoms with E-state index in [1.54, 1.807) is 18.3 Å². The van der Waals surface area contributed by atoms with Gasteiger partial charge in [0.1, 0.15) is 5.75 Å². The summed E-state index contributed by atoms with van der Waals surface area (Å²) in [5.41, 5.74) is 1.89. The number of nitriles is 1. The SMILES string of the molecule is N#Cc1cc(O)ccc1-c1ccccn1. The smallest absolute Gasteiger partial charge is 0.116 e. The molecule has 0 atom stereocenters. The second-order valence-corrected chi connectivity index (χ2v) is 3.06. The number of phenols is 1. The van der Waals surface area contributed by atoms with Crippen LogP contribution in [-0.2, 0) is 0 Å². The van der Waals surface area contributed by atoms with Crippen molar-refractivity contribution in [1.29, 1.82) is 5.26 Å². The number of pyridine rings is 1. The predicted molar refractivity (Wildman–Crippen MR) is 56.1 cm³/mol. The number of benzene rings is 1. The molecule has 1 aromatic carbocycles. The second-order valence-electron chi connectivity index (χ2n) is 3.06. The highest BCUT2D eigenvalue weighted by atomic mass is 16.3. The molecule has 0 saturated carbocycles. The summed E-state index contributed by atoms with van der Waals surface area (Å²) in [6, 6.07) is 12.2. The zero-order chi connectivity index (χ0) is 10.7. The minimum atomic E-state index is 0.0891. The van der Waals surface area contributed by atoms with Gasteiger partial charge in [0.15, 0.2) is 0 Å². The predicted octanol–water partition coefficient (Wildman–Crippen LogP) is 2.33. The number of aromatic hydroxyl groups is 1. The van der Waals surface area contributed by atoms with Crippen molar-refractivity contribution in [2.75, 3.05) is 0 Å². The fourth-order valence-corrected chi connectivity index (χ4v) is 1.37. The summed E-state index contributed by atoms with van der Waals surface area (Å²) in [5.74, 6) is 0.0891. The van der Waals surface area contributed by atoms with Crippen LogP contribution in [0.4, 0.5) is 0 Å². The van der Waals surface area contributed by atoms with Crippen LogP contribution in [-0.4, -0.2) is 10.1 Å². The van der Waals surface area contributed by atoms with Crippen LogP contribution in [0.2, 0.25) is 0 Å². The molecule has 0 aliphatic heterocycles. The van der Waals surface area contributed by atoms with Crippen molar-refractivity contribution in [3.05, 3.63) is 48.2 Å². The van der Waals surface area contributed by atoms with E-state index in [2.05, 4.69) is 4.98 Å². The zero-order valence-corrected chi connectivity index (χ0v) is 7.88. The number of hydrogen-bond donors (Lipinski definition) is 1. The van der Waals surface area contributed by atoms with Crippen molar-refractivity contribution in [3.63, 3.8) is 0 Å². The van der Waals surface area contributed by atoms with Crippen molar-refractivity contribution < 1.29 is 5.11 Å². The molecular weight excluding hydrogens is 188 g/mol. The van der Waals surface area contributed by atoms with Crippen LogP contribution in [0.1, 0.15) is 5.56 Å². The Morgan fingerprint density at radius 3 is 2.73 bits per heavy atom. The summed E-state index contributed by atoms with van der Waals surface area (Å²) < 4.78 is 0. The molecule has 3 heteroatoms. The number of rotatable bonds is 1. The Morgan fingerprint density at radius 2 is 2.07 bits per heavy atom. The number of aromatic nitrogens is 1. The summed E-state index contributed by atoms with van der Waals surface area (Å²) in [7, 11) is 0. The third-order valence-electron chi connectivity index (χ3n) is 2.06. The van der Waals surface area contributed by atoms with Crippen LogP contribution in [0.15, 0.2) is 42.6 Å². The van der Waals surface area contributed by atoms with Crippen molar-refractivity contribution in [2.24, 2.45) is 0 Å². The molecule has 0 radical (unpaired) electrons. The van der Waals surface area contributed by atoms with Crippen LogP contribution in [0.5, 0.6) is 5.75 Å². The van der Waals surface area contributed by atoms with E-state index >= 15 is 0 Å². The molecule has 72 valence electrons. The fourth-order valence-electron chi connectivity index (χ4n) is 1.37. The number of hydrogen-bond acceptors (Lipinski definition) is 3. The van der Waals surface area contributed by atoms with Gasteiger partial charge in [0.25, 0.3) is 0 Å². The van der Waals surface area contributed by atoms with Gasteiger partial charge in [-0.05, 0) is 30.3 Å². The highest BCUT2D eigenvalue weighted by molar-refractivity contribution is 5.68. The minimum absolute atomic E-state index is 0.0891. The van der Waals surface area contributed by atoms with E-state index in [0.29, 0.717) is 5.56 Å². The molecule has 1 aromatic heterocycles. The first-order valence-corrected chi connectivity index (χ1v) is 4.46. The van der Waals surface area contributed by atoms with Crippen molar-refractivity contribution in [1.82, 2.24) is 4.98 Å². The molecule has 2 rings (SSSR count). The summed E-state index contributed by atoms with van der Waals surface area (Å²) in [5, 5.41) is 18.2. The second kappa shape index (κ2) is 3.81. The molecule has 0 saturated heterocycles. The molecule has 0 unspecified atom stereocenters. The Bertz CT molecular complexity index is 515. The molecule has 3 nitrogen and oxygen atoms in total. The van der Waals surface area contributed by atoms with Crippen molar-refractivity contribution in [2.45, 2.75) is 0 Å². The molecule has 2 aromatic rings. The summed E-state index contributed by atoms with van der Waals surface area (Å²) >= 11 is 0. The van der Waals surface area contributed by atoms with E-state index in [0.717, 1.165) is 11.3 Å². The van der Waals surface area contributed by atoms with Gasteiger partial charge in [0.05, 0.1) is 17.3 Å². The molecule has 0 fully saturated rings. The lowest BCUT2D eigenvalue weighted by Crippen LogP contribution is -1.86. The maximum Gasteiger partial charge on any atom is 0.116 e. The standard InChI is InChI=1S/C12H8N2O/c13-8-9-7-10(15)4-5-11(9)12-3-1-2-6-14-12/h1-7,15H. The van der Waals surface area contributed by atoms with Crippen LogP contribution in [0.3, 0.4) is 0 Å². The van der Waals surface area contributed by atoms with E-state index in [1.165, 1.54) is 6.07 Å². The Balaban J connectivity index is 2.60. The maximum atomic E-state index is 9.24. The molecule has 1 heterocycles. The van der Waals surface area contributed by atoms with Gasteiger partial charge in [-0.1, -0.05) is 6.07 Å². The van der Waals surface area contributed by atoms with Gasteiger partial charge in [-0.15, -0.1) is 0 Å².